The fraction of sp³-hybridized carbons (Fsp3) is 0.409. The first-order chi connectivity index (χ1) is 28.7. The highest BCUT2D eigenvalue weighted by Crippen LogP contribution is 2.55. The first kappa shape index (κ1) is 45.8. The zero-order chi connectivity index (χ0) is 45.1. The highest BCUT2D eigenvalue weighted by molar-refractivity contribution is 6.24. The van der Waals surface area contributed by atoms with Gasteiger partial charge < -0.3 is 49.8 Å². The van der Waals surface area contributed by atoms with Crippen molar-refractivity contribution >= 4 is 46.2 Å². The Balaban J connectivity index is 1.70. The summed E-state index contributed by atoms with van der Waals surface area (Å²) in [6, 6.07) is 2.87. The van der Waals surface area contributed by atoms with Crippen molar-refractivity contribution < 1.29 is 63.7 Å². The van der Waals surface area contributed by atoms with E-state index in [1.807, 2.05) is 0 Å². The molecule has 7 N–H and O–H groups in total. The molecule has 0 spiro atoms. The van der Waals surface area contributed by atoms with Gasteiger partial charge >= 0.3 is 11.8 Å². The number of carbonyl (C=O) groups is 4. The molecule has 3 aliphatic heterocycles. The van der Waals surface area contributed by atoms with Crippen LogP contribution in [0.2, 0.25) is 0 Å². The van der Waals surface area contributed by atoms with Gasteiger partial charge in [0.1, 0.15) is 23.4 Å². The maximum atomic E-state index is 14.4. The number of allylic oxidation sites excluding steroid dienone is 2. The number of aromatic nitrogens is 1. The predicted octanol–water partition coefficient (Wildman–Crippen LogP) is 4.91. The Morgan fingerprint density at radius 1 is 0.951 bits per heavy atom. The second-order valence-corrected chi connectivity index (χ2v) is 15.6. The molecule has 4 heterocycles. The van der Waals surface area contributed by atoms with Crippen LogP contribution in [-0.2, 0) is 23.8 Å². The number of hydrogen-bond donors (Lipinski definition) is 7. The van der Waals surface area contributed by atoms with E-state index in [9.17, 15) is 44.7 Å². The zero-order valence-corrected chi connectivity index (χ0v) is 35.3. The Labute approximate surface area is 352 Å². The Morgan fingerprint density at radius 2 is 1.62 bits per heavy atom. The van der Waals surface area contributed by atoms with Gasteiger partial charge in [0.05, 0.1) is 53.0 Å². The van der Waals surface area contributed by atoms with Crippen molar-refractivity contribution in [3.05, 3.63) is 82.9 Å². The summed E-state index contributed by atoms with van der Waals surface area (Å²) in [5.74, 6) is -9.87. The molecule has 326 valence electrons. The number of anilines is 1. The van der Waals surface area contributed by atoms with Crippen molar-refractivity contribution in [1.82, 2.24) is 10.4 Å². The molecule has 3 aromatic rings. The van der Waals surface area contributed by atoms with Crippen molar-refractivity contribution in [2.75, 3.05) is 12.4 Å². The maximum Gasteiger partial charge on any atom is 0.312 e. The van der Waals surface area contributed by atoms with E-state index in [2.05, 4.69) is 20.8 Å². The SMILES string of the molecule is COC1C=COC2(C)Oc3c(C)c(O)c4c(O)c(c(/C=N/NC(=O)c5ccncc5)c(O)c4c3C2=O)NC(=O)C(C)=CC=CC(C)C(O)C(C)C(O)C(C)C(OC(C)=O)C1C. The summed E-state index contributed by atoms with van der Waals surface area (Å²) in [4.78, 5) is 57.1. The number of rotatable bonds is 5. The number of aliphatic hydroxyl groups is 2. The fourth-order valence-electron chi connectivity index (χ4n) is 7.60. The maximum absolute atomic E-state index is 14.4. The molecule has 61 heavy (non-hydrogen) atoms. The normalized spacial score (nSPS) is 27.4. The Bertz CT molecular complexity index is 2320. The van der Waals surface area contributed by atoms with Crippen molar-refractivity contribution in [3.8, 4) is 23.0 Å². The lowest BCUT2D eigenvalue weighted by molar-refractivity contribution is -0.160. The number of phenols is 3. The molecule has 17 heteroatoms. The van der Waals surface area contributed by atoms with Crippen molar-refractivity contribution in [3.63, 3.8) is 0 Å². The van der Waals surface area contributed by atoms with E-state index in [1.54, 1.807) is 33.8 Å². The highest BCUT2D eigenvalue weighted by Gasteiger charge is 2.50. The van der Waals surface area contributed by atoms with Crippen LogP contribution in [0.1, 0.15) is 80.3 Å². The molecule has 0 fully saturated rings. The monoisotopic (exact) mass is 844 g/mol. The van der Waals surface area contributed by atoms with Gasteiger partial charge in [0, 0.05) is 79.1 Å². The van der Waals surface area contributed by atoms with Crippen LogP contribution in [0.4, 0.5) is 5.69 Å². The van der Waals surface area contributed by atoms with Gasteiger partial charge in [-0.15, -0.1) is 0 Å². The number of phenolic OH excluding ortho intramolecular Hbond substituents is 3. The molecule has 9 atom stereocenters. The number of ether oxygens (including phenoxy) is 4. The number of esters is 1. The standard InChI is InChI=1S/C44H52N4O13/c1-20-11-10-12-21(2)42(56)47-33-28(19-46-48-43(57)27-13-16-45-17-14-27)37(53)30-31(38(33)54)36(52)25(6)40-32(30)41(55)44(8,61-40)59-18-15-29(58-9)22(3)39(60-26(7)49)24(5)35(51)23(4)34(20)50/h10-20,22-24,29,34-35,39,50-54H,1-9H3,(H,47,56)(H,48,57)/b11-10?,18-15?,21-12?,46-19+. The first-order valence-corrected chi connectivity index (χ1v) is 19.6. The number of aliphatic hydroxyl groups excluding tert-OH is 2. The molecule has 1 aromatic heterocycles. The van der Waals surface area contributed by atoms with Gasteiger partial charge in [-0.3, -0.25) is 24.2 Å². The summed E-state index contributed by atoms with van der Waals surface area (Å²) < 4.78 is 23.5. The van der Waals surface area contributed by atoms with E-state index in [0.717, 1.165) is 12.5 Å². The van der Waals surface area contributed by atoms with Crippen LogP contribution in [0.15, 0.2) is 65.8 Å². The summed E-state index contributed by atoms with van der Waals surface area (Å²) in [6.45, 7) is 12.2. The summed E-state index contributed by atoms with van der Waals surface area (Å²) in [7, 11) is 1.41. The van der Waals surface area contributed by atoms with Crippen molar-refractivity contribution in [2.24, 2.45) is 28.8 Å². The minimum Gasteiger partial charge on any atom is -0.507 e. The number of ketones is 1. The van der Waals surface area contributed by atoms with Crippen LogP contribution in [0.5, 0.6) is 23.0 Å². The molecule has 5 bridgehead atoms. The Kier molecular flexibility index (Phi) is 13.9. The van der Waals surface area contributed by atoms with E-state index in [-0.39, 0.29) is 39.0 Å². The lowest BCUT2D eigenvalue weighted by Crippen LogP contribution is -2.46. The Morgan fingerprint density at radius 3 is 2.26 bits per heavy atom. The van der Waals surface area contributed by atoms with Crippen LogP contribution in [0.3, 0.4) is 0 Å². The molecule has 2 amide bonds. The molecule has 3 aliphatic rings. The summed E-state index contributed by atoms with van der Waals surface area (Å²) in [5, 5.41) is 63.9. The van der Waals surface area contributed by atoms with Gasteiger partial charge in [0.15, 0.2) is 5.75 Å². The lowest BCUT2D eigenvalue weighted by Gasteiger charge is -2.38. The number of Topliss-reactive ketones (excluding diaryl/α,β-unsaturated/α-hetero) is 1. The number of nitrogens with zero attached hydrogens (tertiary/aromatic N) is 2. The minimum absolute atomic E-state index is 0.0115. The van der Waals surface area contributed by atoms with E-state index in [4.69, 9.17) is 18.9 Å². The molecule has 9 unspecified atom stereocenters. The van der Waals surface area contributed by atoms with Gasteiger partial charge in [0.25, 0.3) is 17.6 Å². The number of hydrazone groups is 1. The largest absolute Gasteiger partial charge is 0.507 e. The molecule has 0 radical (unpaired) electrons. The van der Waals surface area contributed by atoms with Gasteiger partial charge in [-0.05, 0) is 32.1 Å². The number of benzene rings is 2. The number of pyridine rings is 1. The van der Waals surface area contributed by atoms with Gasteiger partial charge in [0.2, 0.25) is 0 Å². The molecule has 0 saturated heterocycles. The average molecular weight is 845 g/mol. The summed E-state index contributed by atoms with van der Waals surface area (Å²) in [5.41, 5.74) is 1.50. The van der Waals surface area contributed by atoms with E-state index < -0.39 is 106 Å². The van der Waals surface area contributed by atoms with Crippen molar-refractivity contribution in [1.29, 1.82) is 0 Å². The molecular weight excluding hydrogens is 792 g/mol. The van der Waals surface area contributed by atoms with Crippen LogP contribution in [-0.4, -0.2) is 97.6 Å². The van der Waals surface area contributed by atoms with E-state index >= 15 is 0 Å². The van der Waals surface area contributed by atoms with Crippen LogP contribution in [0.25, 0.3) is 10.8 Å². The van der Waals surface area contributed by atoms with Crippen molar-refractivity contribution in [2.45, 2.75) is 85.6 Å². The third-order valence-electron chi connectivity index (χ3n) is 11.3. The number of aromatic hydroxyl groups is 3. The molecule has 17 nitrogen and oxygen atoms in total. The molecular formula is C44H52N4O13. The topological polar surface area (TPSA) is 256 Å². The second-order valence-electron chi connectivity index (χ2n) is 15.6. The van der Waals surface area contributed by atoms with Gasteiger partial charge in [-0.1, -0.05) is 45.9 Å². The molecule has 6 rings (SSSR count). The number of carbonyl (C=O) groups excluding carboxylic acids is 4. The summed E-state index contributed by atoms with van der Waals surface area (Å²) in [6.07, 6.45) is 6.93. The summed E-state index contributed by atoms with van der Waals surface area (Å²) >= 11 is 0. The Hall–Kier alpha value is -6.30. The molecule has 0 aliphatic carbocycles. The van der Waals surface area contributed by atoms with Crippen LogP contribution < -0.4 is 15.5 Å². The minimum atomic E-state index is -2.11. The number of methoxy groups -OCH3 is 1. The molecule has 0 saturated carbocycles. The number of nitrogens with one attached hydrogen (secondary N) is 2. The van der Waals surface area contributed by atoms with Gasteiger partial charge in [-0.25, -0.2) is 5.43 Å². The lowest BCUT2D eigenvalue weighted by atomic mass is 9.78. The second kappa shape index (κ2) is 18.5. The first-order valence-electron chi connectivity index (χ1n) is 19.6. The van der Waals surface area contributed by atoms with Gasteiger partial charge in [-0.2, -0.15) is 5.10 Å². The predicted molar refractivity (Wildman–Crippen MR) is 223 cm³/mol. The number of amides is 2. The fourth-order valence-corrected chi connectivity index (χ4v) is 7.60. The molecule has 2 aromatic carbocycles. The van der Waals surface area contributed by atoms with E-state index in [0.29, 0.717) is 0 Å². The van der Waals surface area contributed by atoms with Crippen LogP contribution in [0, 0.1) is 30.6 Å². The zero-order valence-electron chi connectivity index (χ0n) is 35.3. The number of fused-ring (bicyclic) bond motifs is 14. The quantitative estimate of drug-likeness (QED) is 0.0592. The third-order valence-corrected chi connectivity index (χ3v) is 11.3. The van der Waals surface area contributed by atoms with E-state index in [1.165, 1.54) is 77.6 Å². The highest BCUT2D eigenvalue weighted by atomic mass is 16.7. The van der Waals surface area contributed by atoms with Crippen LogP contribution >= 0.6 is 0 Å². The smallest absolute Gasteiger partial charge is 0.312 e. The third kappa shape index (κ3) is 9.08. The number of hydrogen-bond acceptors (Lipinski definition) is 15. The average Bonchev–Trinajstić information content (AvgIpc) is 3.50.